The van der Waals surface area contributed by atoms with Crippen LogP contribution in [0.5, 0.6) is 0 Å². The van der Waals surface area contributed by atoms with Crippen LogP contribution in [0.4, 0.5) is 0 Å². The number of hydrogen-bond acceptors (Lipinski definition) is 3. The quantitative estimate of drug-likeness (QED) is 0.196. The molecule has 0 N–H and O–H groups in total. The van der Waals surface area contributed by atoms with Crippen LogP contribution in [0.15, 0.2) is 162 Å². The maximum atomic E-state index is 6.73. The zero-order valence-electron chi connectivity index (χ0n) is 26.2. The van der Waals surface area contributed by atoms with Gasteiger partial charge in [-0.25, -0.2) is 9.97 Å². The van der Waals surface area contributed by atoms with Gasteiger partial charge in [-0.2, -0.15) is 0 Å². The first-order valence-electron chi connectivity index (χ1n) is 16.5. The average Bonchev–Trinajstić information content (AvgIpc) is 3.81. The van der Waals surface area contributed by atoms with Crippen LogP contribution in [0.2, 0.25) is 0 Å². The molecule has 0 amide bonds. The fourth-order valence-corrected chi connectivity index (χ4v) is 7.73. The summed E-state index contributed by atoms with van der Waals surface area (Å²) in [6.45, 7) is 0. The lowest BCUT2D eigenvalue weighted by Gasteiger charge is -2.10. The molecule has 0 fully saturated rings. The Morgan fingerprint density at radius 1 is 0.429 bits per heavy atom. The van der Waals surface area contributed by atoms with E-state index < -0.39 is 0 Å². The molecule has 0 spiro atoms. The number of benzene rings is 7. The minimum atomic E-state index is 0.613. The third-order valence-electron chi connectivity index (χ3n) is 9.91. The molecule has 4 aromatic heterocycles. The number of aromatic nitrogens is 4. The Labute approximate surface area is 279 Å². The summed E-state index contributed by atoms with van der Waals surface area (Å²) >= 11 is 0. The molecule has 0 aliphatic heterocycles. The minimum absolute atomic E-state index is 0.613. The molecule has 0 radical (unpaired) electrons. The van der Waals surface area contributed by atoms with Gasteiger partial charge in [0.2, 0.25) is 5.95 Å². The fraction of sp³-hybridized carbons (Fsp3) is 0. The van der Waals surface area contributed by atoms with E-state index in [9.17, 15) is 0 Å². The molecule has 0 bridgehead atoms. The molecule has 5 heteroatoms. The molecule has 4 heterocycles. The highest BCUT2D eigenvalue weighted by Gasteiger charge is 2.22. The molecule has 49 heavy (non-hydrogen) atoms. The van der Waals surface area contributed by atoms with Crippen LogP contribution in [-0.4, -0.2) is 19.1 Å². The smallest absolute Gasteiger partial charge is 0.236 e. The van der Waals surface area contributed by atoms with E-state index >= 15 is 0 Å². The molecule has 0 aliphatic carbocycles. The zero-order valence-corrected chi connectivity index (χ0v) is 26.2. The average molecular weight is 627 g/mol. The van der Waals surface area contributed by atoms with Crippen LogP contribution in [0.3, 0.4) is 0 Å². The number of fused-ring (bicyclic) bond motifs is 10. The van der Waals surface area contributed by atoms with E-state index in [4.69, 9.17) is 14.4 Å². The molecule has 228 valence electrons. The Kier molecular flexibility index (Phi) is 5.32. The van der Waals surface area contributed by atoms with Crippen molar-refractivity contribution in [1.82, 2.24) is 19.1 Å². The van der Waals surface area contributed by atoms with Gasteiger partial charge in [-0.15, -0.1) is 0 Å². The lowest BCUT2D eigenvalue weighted by Crippen LogP contribution is -2.02. The normalized spacial score (nSPS) is 12.1. The molecule has 0 saturated heterocycles. The van der Waals surface area contributed by atoms with Gasteiger partial charge in [-0.1, -0.05) is 103 Å². The summed E-state index contributed by atoms with van der Waals surface area (Å²) in [5.41, 5.74) is 9.57. The predicted octanol–water partition coefficient (Wildman–Crippen LogP) is 11.4. The van der Waals surface area contributed by atoms with E-state index in [1.54, 1.807) is 0 Å². The summed E-state index contributed by atoms with van der Waals surface area (Å²) in [5, 5.41) is 7.92. The van der Waals surface area contributed by atoms with Crippen LogP contribution in [0.25, 0.3) is 99.3 Å². The van der Waals surface area contributed by atoms with Crippen molar-refractivity contribution in [3.63, 3.8) is 0 Å². The molecular formula is C44H26N4O. The third-order valence-corrected chi connectivity index (χ3v) is 9.91. The van der Waals surface area contributed by atoms with Crippen molar-refractivity contribution in [2.45, 2.75) is 0 Å². The van der Waals surface area contributed by atoms with E-state index in [-0.39, 0.29) is 0 Å². The second-order valence-corrected chi connectivity index (χ2v) is 12.6. The summed E-state index contributed by atoms with van der Waals surface area (Å²) in [5.74, 6) is 0.613. The largest absolute Gasteiger partial charge is 0.452 e. The Balaban J connectivity index is 1.26. The number of para-hydroxylation sites is 4. The van der Waals surface area contributed by atoms with Crippen LogP contribution < -0.4 is 0 Å². The Hall–Kier alpha value is -6.72. The molecule has 0 atom stereocenters. The summed E-state index contributed by atoms with van der Waals surface area (Å²) in [6, 6.07) is 55.4. The van der Waals surface area contributed by atoms with Crippen molar-refractivity contribution >= 4 is 76.5 Å². The molecule has 5 nitrogen and oxygen atoms in total. The standard InChI is InChI=1S/C44H26N4O/c1-2-14-30(15-3-1)47-36-19-9-8-18-33(36)34-25-29(22-23-39(34)47)41-43-42(35-24-27-12-4-5-13-28(27)26-40(35)49-43)46-44(45-41)48-37-20-10-6-16-31(37)32-17-7-11-21-38(32)48/h1-26H. The van der Waals surface area contributed by atoms with Crippen LogP contribution in [0, 0.1) is 0 Å². The lowest BCUT2D eigenvalue weighted by atomic mass is 10.1. The molecule has 0 aliphatic rings. The van der Waals surface area contributed by atoms with Gasteiger partial charge < -0.3 is 8.98 Å². The van der Waals surface area contributed by atoms with Gasteiger partial charge in [0, 0.05) is 38.2 Å². The second kappa shape index (κ2) is 9.89. The van der Waals surface area contributed by atoms with Gasteiger partial charge in [0.25, 0.3) is 0 Å². The highest BCUT2D eigenvalue weighted by atomic mass is 16.3. The minimum Gasteiger partial charge on any atom is -0.452 e. The highest BCUT2D eigenvalue weighted by Crippen LogP contribution is 2.40. The van der Waals surface area contributed by atoms with Crippen molar-refractivity contribution in [3.8, 4) is 22.9 Å². The lowest BCUT2D eigenvalue weighted by molar-refractivity contribution is 0.667. The Bertz CT molecular complexity index is 3060. The number of furan rings is 1. The van der Waals surface area contributed by atoms with Crippen molar-refractivity contribution in [3.05, 3.63) is 158 Å². The third kappa shape index (κ3) is 3.75. The summed E-state index contributed by atoms with van der Waals surface area (Å²) in [6.07, 6.45) is 0. The monoisotopic (exact) mass is 626 g/mol. The Morgan fingerprint density at radius 3 is 1.71 bits per heavy atom. The first-order valence-corrected chi connectivity index (χ1v) is 16.5. The van der Waals surface area contributed by atoms with Crippen LogP contribution >= 0.6 is 0 Å². The molecule has 7 aromatic carbocycles. The number of hydrogen-bond donors (Lipinski definition) is 0. The van der Waals surface area contributed by atoms with E-state index in [0.29, 0.717) is 11.5 Å². The van der Waals surface area contributed by atoms with E-state index in [2.05, 4.69) is 167 Å². The first-order chi connectivity index (χ1) is 24.3. The van der Waals surface area contributed by atoms with Crippen LogP contribution in [-0.2, 0) is 0 Å². The van der Waals surface area contributed by atoms with Crippen molar-refractivity contribution in [2.24, 2.45) is 0 Å². The second-order valence-electron chi connectivity index (χ2n) is 12.6. The fourth-order valence-electron chi connectivity index (χ4n) is 7.73. The summed E-state index contributed by atoms with van der Waals surface area (Å²) in [7, 11) is 0. The highest BCUT2D eigenvalue weighted by molar-refractivity contribution is 6.14. The molecular weight excluding hydrogens is 601 g/mol. The van der Waals surface area contributed by atoms with Crippen molar-refractivity contribution < 1.29 is 4.42 Å². The van der Waals surface area contributed by atoms with Crippen molar-refractivity contribution in [1.29, 1.82) is 0 Å². The van der Waals surface area contributed by atoms with Gasteiger partial charge in [0.15, 0.2) is 5.58 Å². The van der Waals surface area contributed by atoms with Gasteiger partial charge in [0.1, 0.15) is 16.8 Å². The van der Waals surface area contributed by atoms with Gasteiger partial charge in [-0.05, 0) is 65.4 Å². The molecule has 11 aromatic rings. The van der Waals surface area contributed by atoms with E-state index in [0.717, 1.165) is 71.7 Å². The topological polar surface area (TPSA) is 48.8 Å². The van der Waals surface area contributed by atoms with Crippen LogP contribution in [0.1, 0.15) is 0 Å². The number of nitrogens with zero attached hydrogens (tertiary/aromatic N) is 4. The summed E-state index contributed by atoms with van der Waals surface area (Å²) < 4.78 is 11.2. The van der Waals surface area contributed by atoms with Gasteiger partial charge >= 0.3 is 0 Å². The predicted molar refractivity (Wildman–Crippen MR) is 201 cm³/mol. The Morgan fingerprint density at radius 2 is 1.00 bits per heavy atom. The summed E-state index contributed by atoms with van der Waals surface area (Å²) in [4.78, 5) is 10.7. The van der Waals surface area contributed by atoms with Crippen molar-refractivity contribution in [2.75, 3.05) is 0 Å². The van der Waals surface area contributed by atoms with E-state index in [1.165, 1.54) is 16.2 Å². The maximum absolute atomic E-state index is 6.73. The maximum Gasteiger partial charge on any atom is 0.236 e. The molecule has 11 rings (SSSR count). The van der Waals surface area contributed by atoms with Gasteiger partial charge in [0.05, 0.1) is 22.1 Å². The SMILES string of the molecule is c1ccc(-n2c3ccccc3c3cc(-c4nc(-n5c6ccccc6c6ccccc65)nc5c4oc4cc6ccccc6cc45)ccc32)cc1. The van der Waals surface area contributed by atoms with Gasteiger partial charge in [-0.3, -0.25) is 4.57 Å². The molecule has 0 saturated carbocycles. The number of rotatable bonds is 3. The first kappa shape index (κ1) is 26.4. The molecule has 0 unspecified atom stereocenters. The zero-order chi connectivity index (χ0) is 32.1. The van der Waals surface area contributed by atoms with E-state index in [1.807, 2.05) is 0 Å².